The Morgan fingerprint density at radius 1 is 1.39 bits per heavy atom. The van der Waals surface area contributed by atoms with E-state index in [0.717, 1.165) is 6.08 Å². The Morgan fingerprint density at radius 3 is 2.50 bits per heavy atom. The molecule has 0 aromatic heterocycles. The summed E-state index contributed by atoms with van der Waals surface area (Å²) in [5.41, 5.74) is 1.05. The van der Waals surface area contributed by atoms with E-state index in [2.05, 4.69) is 4.74 Å². The Morgan fingerprint density at radius 2 is 2.00 bits per heavy atom. The predicted octanol–water partition coefficient (Wildman–Crippen LogP) is 1.04. The van der Waals surface area contributed by atoms with Gasteiger partial charge in [-0.05, 0) is 12.5 Å². The zero-order chi connectivity index (χ0) is 13.5. The van der Waals surface area contributed by atoms with E-state index >= 15 is 0 Å². The van der Waals surface area contributed by atoms with Gasteiger partial charge in [-0.25, -0.2) is 4.79 Å². The molecule has 0 amide bonds. The van der Waals surface area contributed by atoms with Crippen LogP contribution in [-0.4, -0.2) is 29.7 Å². The fraction of sp³-hybridized carbons (Fsp3) is 0.154. The van der Waals surface area contributed by atoms with Crippen LogP contribution >= 0.6 is 0 Å². The third kappa shape index (κ3) is 3.55. The number of ether oxygens (including phenoxy) is 1. The number of hydrogen-bond acceptors (Lipinski definition) is 4. The molecule has 1 rings (SSSR count). The first kappa shape index (κ1) is 13.6. The molecule has 1 aromatic rings. The van der Waals surface area contributed by atoms with Gasteiger partial charge >= 0.3 is 11.7 Å². The van der Waals surface area contributed by atoms with Gasteiger partial charge in [0.15, 0.2) is 0 Å². The monoisotopic (exact) mass is 248 g/mol. The molecule has 5 nitrogen and oxygen atoms in total. The van der Waals surface area contributed by atoms with E-state index in [1.54, 1.807) is 31.2 Å². The first-order chi connectivity index (χ1) is 8.58. The quantitative estimate of drug-likeness (QED) is 0.211. The molecular formula is C13H14NO4+. The van der Waals surface area contributed by atoms with E-state index in [1.807, 2.05) is 0 Å². The Labute approximate surface area is 104 Å². The number of nitrogens with one attached hydrogen (secondary N) is 1. The molecular weight excluding hydrogens is 234 g/mol. The maximum Gasteiger partial charge on any atom is 0.427 e. The fourth-order valence-electron chi connectivity index (χ4n) is 1.24. The summed E-state index contributed by atoms with van der Waals surface area (Å²) >= 11 is 0. The van der Waals surface area contributed by atoms with E-state index in [9.17, 15) is 9.59 Å². The lowest BCUT2D eigenvalue weighted by molar-refractivity contribution is -0.141. The summed E-state index contributed by atoms with van der Waals surface area (Å²) in [4.78, 5) is 21.7. The first-order valence-corrected chi connectivity index (χ1v) is 5.33. The number of aldehydes is 1. The molecule has 18 heavy (non-hydrogen) atoms. The third-order valence-corrected chi connectivity index (χ3v) is 2.14. The summed E-state index contributed by atoms with van der Waals surface area (Å²) in [6.07, 6.45) is 1.83. The Balaban J connectivity index is 2.83. The van der Waals surface area contributed by atoms with E-state index in [4.69, 9.17) is 10.5 Å². The van der Waals surface area contributed by atoms with Gasteiger partial charge in [-0.2, -0.15) is 0 Å². The highest BCUT2D eigenvalue weighted by atomic mass is 16.5. The van der Waals surface area contributed by atoms with Crippen LogP contribution in [0.1, 0.15) is 22.8 Å². The number of rotatable bonds is 5. The minimum absolute atomic E-state index is 0.0190. The number of carbonyl (C=O) groups is 2. The molecule has 5 heteroatoms. The maximum absolute atomic E-state index is 11.2. The van der Waals surface area contributed by atoms with E-state index in [0.29, 0.717) is 17.4 Å². The second kappa shape index (κ2) is 6.34. The molecule has 0 aliphatic heterocycles. The van der Waals surface area contributed by atoms with Gasteiger partial charge in [0.1, 0.15) is 6.29 Å². The van der Waals surface area contributed by atoms with Crippen molar-refractivity contribution in [3.05, 3.63) is 47.2 Å². The molecule has 0 radical (unpaired) electrons. The maximum atomic E-state index is 11.2. The van der Waals surface area contributed by atoms with Gasteiger partial charge in [0.05, 0.1) is 18.4 Å². The van der Waals surface area contributed by atoms with Crippen LogP contribution in [0, 0.1) is 5.41 Å². The summed E-state index contributed by atoms with van der Waals surface area (Å²) < 4.78 is 4.64. The summed E-state index contributed by atoms with van der Waals surface area (Å²) in [5.74, 6) is -1.13. The van der Waals surface area contributed by atoms with Crippen LogP contribution in [0.5, 0.6) is 0 Å². The summed E-state index contributed by atoms with van der Waals surface area (Å²) in [6, 6.07) is 6.30. The van der Waals surface area contributed by atoms with Gasteiger partial charge in [0, 0.05) is 5.56 Å². The van der Waals surface area contributed by atoms with Crippen LogP contribution in [0.4, 0.5) is 0 Å². The highest BCUT2D eigenvalue weighted by Crippen LogP contribution is 2.06. The summed E-state index contributed by atoms with van der Waals surface area (Å²) in [5, 5.41) is 15.1. The zero-order valence-corrected chi connectivity index (χ0v) is 9.90. The minimum Gasteiger partial charge on any atom is -0.588 e. The SMILES string of the molecule is CCOC(=O)/C([OH2+])=C/C(=N)c1ccc(C=O)cc1. The predicted molar refractivity (Wildman–Crippen MR) is 67.0 cm³/mol. The lowest BCUT2D eigenvalue weighted by atomic mass is 10.1. The topological polar surface area (TPSA) is 90.1 Å². The summed E-state index contributed by atoms with van der Waals surface area (Å²) in [7, 11) is 0. The number of allylic oxidation sites excluding steroid dienone is 1. The largest absolute Gasteiger partial charge is 0.588 e. The van der Waals surface area contributed by atoms with E-state index in [1.165, 1.54) is 0 Å². The number of esters is 1. The van der Waals surface area contributed by atoms with Crippen LogP contribution in [-0.2, 0) is 9.53 Å². The Bertz CT molecular complexity index is 488. The van der Waals surface area contributed by atoms with Crippen LogP contribution in [0.3, 0.4) is 0 Å². The third-order valence-electron chi connectivity index (χ3n) is 2.14. The molecule has 0 fully saturated rings. The highest BCUT2D eigenvalue weighted by Gasteiger charge is 2.15. The van der Waals surface area contributed by atoms with Crippen molar-refractivity contribution in [3.63, 3.8) is 0 Å². The van der Waals surface area contributed by atoms with Crippen LogP contribution in [0.2, 0.25) is 0 Å². The van der Waals surface area contributed by atoms with Crippen molar-refractivity contribution >= 4 is 18.0 Å². The van der Waals surface area contributed by atoms with Crippen molar-refractivity contribution < 1.29 is 19.4 Å². The number of benzene rings is 1. The van der Waals surface area contributed by atoms with Gasteiger partial charge in [-0.3, -0.25) is 10.2 Å². The van der Waals surface area contributed by atoms with Gasteiger partial charge in [0.2, 0.25) is 0 Å². The normalized spacial score (nSPS) is 10.8. The smallest absolute Gasteiger partial charge is 0.427 e. The molecule has 0 saturated carbocycles. The summed E-state index contributed by atoms with van der Waals surface area (Å²) in [6.45, 7) is 1.84. The van der Waals surface area contributed by atoms with Gasteiger partial charge < -0.3 is 9.84 Å². The van der Waals surface area contributed by atoms with Crippen molar-refractivity contribution in [3.8, 4) is 0 Å². The standard InChI is InChI=1S/C13H13NO4/c1-2-18-13(17)12(16)7-11(14)10-5-3-9(8-15)4-6-10/h3-8,14,16H,2H2,1H3/p+1/b12-7-,14-11?. The molecule has 0 atom stereocenters. The molecule has 1 aromatic carbocycles. The average molecular weight is 248 g/mol. The van der Waals surface area contributed by atoms with Crippen molar-refractivity contribution in [2.75, 3.05) is 6.61 Å². The molecule has 0 bridgehead atoms. The zero-order valence-electron chi connectivity index (χ0n) is 9.90. The van der Waals surface area contributed by atoms with Crippen molar-refractivity contribution in [2.45, 2.75) is 6.92 Å². The second-order valence-electron chi connectivity index (χ2n) is 3.43. The molecule has 3 N–H and O–H groups in total. The van der Waals surface area contributed by atoms with Gasteiger partial charge in [0.25, 0.3) is 0 Å². The molecule has 0 unspecified atom stereocenters. The van der Waals surface area contributed by atoms with Gasteiger partial charge in [-0.1, -0.05) is 24.3 Å². The Kier molecular flexibility index (Phi) is 4.80. The molecule has 0 saturated heterocycles. The molecule has 0 spiro atoms. The average Bonchev–Trinajstić information content (AvgIpc) is 2.39. The van der Waals surface area contributed by atoms with E-state index in [-0.39, 0.29) is 18.1 Å². The highest BCUT2D eigenvalue weighted by molar-refractivity contribution is 6.09. The van der Waals surface area contributed by atoms with Crippen LogP contribution < -0.4 is 0 Å². The first-order valence-electron chi connectivity index (χ1n) is 5.33. The van der Waals surface area contributed by atoms with Crippen molar-refractivity contribution in [2.24, 2.45) is 0 Å². The van der Waals surface area contributed by atoms with Crippen LogP contribution in [0.15, 0.2) is 36.1 Å². The number of carbonyl (C=O) groups excluding carboxylic acids is 2. The number of hydrogen-bond donors (Lipinski definition) is 1. The molecule has 0 heterocycles. The van der Waals surface area contributed by atoms with Gasteiger partial charge in [-0.15, -0.1) is 0 Å². The van der Waals surface area contributed by atoms with Crippen molar-refractivity contribution in [1.29, 1.82) is 5.41 Å². The second-order valence-corrected chi connectivity index (χ2v) is 3.43. The van der Waals surface area contributed by atoms with Crippen molar-refractivity contribution in [1.82, 2.24) is 0 Å². The lowest BCUT2D eigenvalue weighted by Gasteiger charge is -2.00. The lowest BCUT2D eigenvalue weighted by Crippen LogP contribution is -2.09. The Hall–Kier alpha value is -2.43. The molecule has 94 valence electrons. The molecule has 0 aliphatic carbocycles. The fourth-order valence-corrected chi connectivity index (χ4v) is 1.24. The van der Waals surface area contributed by atoms with Crippen LogP contribution in [0.25, 0.3) is 0 Å². The van der Waals surface area contributed by atoms with E-state index < -0.39 is 5.97 Å². The minimum atomic E-state index is -0.758. The molecule has 0 aliphatic rings.